The van der Waals surface area contributed by atoms with Gasteiger partial charge in [0, 0.05) is 24.8 Å². The van der Waals surface area contributed by atoms with Gasteiger partial charge in [0.1, 0.15) is 0 Å². The number of aromatic nitrogens is 1. The summed E-state index contributed by atoms with van der Waals surface area (Å²) in [7, 11) is 0. The first kappa shape index (κ1) is 21.7. The number of ether oxygens (including phenoxy) is 1. The standard InChI is InChI=1S/C14H21F3N4O.HI/c1-4-18-13(21-10(2)3)20-8-11-5-6-19-12(7-11)22-9-14(15,16)17;/h5-7,10H,4,8-9H2,1-3H3,(H2,18,20,21);1H. The summed E-state index contributed by atoms with van der Waals surface area (Å²) < 4.78 is 40.9. The number of hydrogen-bond acceptors (Lipinski definition) is 3. The van der Waals surface area contributed by atoms with Crippen LogP contribution in [0.2, 0.25) is 0 Å². The quantitative estimate of drug-likeness (QED) is 0.401. The molecule has 0 saturated heterocycles. The van der Waals surface area contributed by atoms with E-state index in [1.807, 2.05) is 20.8 Å². The molecule has 0 radical (unpaired) electrons. The minimum absolute atomic E-state index is 0. The number of halogens is 4. The number of guanidine groups is 1. The number of aliphatic imine (C=N–C) groups is 1. The van der Waals surface area contributed by atoms with Crippen LogP contribution < -0.4 is 15.4 Å². The molecule has 0 aliphatic rings. The molecule has 132 valence electrons. The zero-order valence-electron chi connectivity index (χ0n) is 13.3. The lowest BCUT2D eigenvalue weighted by molar-refractivity contribution is -0.154. The Kier molecular flexibility index (Phi) is 9.93. The molecule has 0 saturated carbocycles. The van der Waals surface area contributed by atoms with Crippen molar-refractivity contribution in [1.29, 1.82) is 0 Å². The van der Waals surface area contributed by atoms with Crippen LogP contribution in [0.15, 0.2) is 23.3 Å². The molecule has 0 fully saturated rings. The van der Waals surface area contributed by atoms with Gasteiger partial charge in [0.25, 0.3) is 0 Å². The second-order valence-electron chi connectivity index (χ2n) is 4.90. The third-order valence-corrected chi connectivity index (χ3v) is 2.37. The number of alkyl halides is 3. The smallest absolute Gasteiger partial charge is 0.422 e. The van der Waals surface area contributed by atoms with E-state index in [2.05, 4.69) is 25.3 Å². The first-order valence-corrected chi connectivity index (χ1v) is 6.99. The van der Waals surface area contributed by atoms with Crippen LogP contribution in [0.3, 0.4) is 0 Å². The Morgan fingerprint density at radius 2 is 2.09 bits per heavy atom. The van der Waals surface area contributed by atoms with Gasteiger partial charge in [0.2, 0.25) is 5.88 Å². The van der Waals surface area contributed by atoms with E-state index < -0.39 is 12.8 Å². The minimum Gasteiger partial charge on any atom is -0.468 e. The molecule has 1 heterocycles. The van der Waals surface area contributed by atoms with Crippen molar-refractivity contribution in [3.63, 3.8) is 0 Å². The molecule has 0 aliphatic heterocycles. The summed E-state index contributed by atoms with van der Waals surface area (Å²) in [5.74, 6) is 0.582. The van der Waals surface area contributed by atoms with Crippen molar-refractivity contribution in [3.8, 4) is 5.88 Å². The molecule has 2 N–H and O–H groups in total. The van der Waals surface area contributed by atoms with Crippen LogP contribution in [0.1, 0.15) is 26.3 Å². The van der Waals surface area contributed by atoms with Gasteiger partial charge in [-0.2, -0.15) is 13.2 Å². The van der Waals surface area contributed by atoms with Crippen molar-refractivity contribution in [3.05, 3.63) is 23.9 Å². The molecule has 0 aromatic carbocycles. The van der Waals surface area contributed by atoms with Crippen molar-refractivity contribution in [2.24, 2.45) is 4.99 Å². The first-order chi connectivity index (χ1) is 10.3. The van der Waals surface area contributed by atoms with Gasteiger partial charge in [-0.05, 0) is 32.4 Å². The first-order valence-electron chi connectivity index (χ1n) is 6.99. The minimum atomic E-state index is -4.38. The van der Waals surface area contributed by atoms with Crippen LogP contribution in [0, 0.1) is 0 Å². The summed E-state index contributed by atoms with van der Waals surface area (Å²) in [6.07, 6.45) is -2.98. The third-order valence-electron chi connectivity index (χ3n) is 2.37. The Balaban J connectivity index is 0.00000484. The van der Waals surface area contributed by atoms with Crippen LogP contribution in [-0.2, 0) is 6.54 Å². The molecule has 5 nitrogen and oxygen atoms in total. The average Bonchev–Trinajstić information content (AvgIpc) is 2.42. The molecular weight excluding hydrogens is 424 g/mol. The number of hydrogen-bond donors (Lipinski definition) is 2. The fourth-order valence-electron chi connectivity index (χ4n) is 1.55. The fourth-order valence-corrected chi connectivity index (χ4v) is 1.55. The summed E-state index contributed by atoms with van der Waals surface area (Å²) >= 11 is 0. The monoisotopic (exact) mass is 446 g/mol. The Labute approximate surface area is 151 Å². The molecule has 23 heavy (non-hydrogen) atoms. The average molecular weight is 446 g/mol. The highest BCUT2D eigenvalue weighted by atomic mass is 127. The molecule has 0 atom stereocenters. The van der Waals surface area contributed by atoms with Crippen LogP contribution in [0.4, 0.5) is 13.2 Å². The lowest BCUT2D eigenvalue weighted by atomic mass is 10.3. The van der Waals surface area contributed by atoms with Crippen LogP contribution in [0.25, 0.3) is 0 Å². The maximum atomic E-state index is 12.1. The summed E-state index contributed by atoms with van der Waals surface area (Å²) in [5.41, 5.74) is 0.716. The molecule has 1 aromatic heterocycles. The number of nitrogens with zero attached hydrogens (tertiary/aromatic N) is 2. The maximum Gasteiger partial charge on any atom is 0.422 e. The Hall–Kier alpha value is -1.26. The Bertz CT molecular complexity index is 495. The SMILES string of the molecule is CCNC(=NCc1ccnc(OCC(F)(F)F)c1)NC(C)C.I. The van der Waals surface area contributed by atoms with E-state index in [1.165, 1.54) is 12.3 Å². The number of nitrogens with one attached hydrogen (secondary N) is 2. The van der Waals surface area contributed by atoms with Gasteiger partial charge in [-0.15, -0.1) is 24.0 Å². The highest BCUT2D eigenvalue weighted by molar-refractivity contribution is 14.0. The van der Waals surface area contributed by atoms with Crippen molar-refractivity contribution in [2.45, 2.75) is 39.5 Å². The fraction of sp³-hybridized carbons (Fsp3) is 0.571. The Morgan fingerprint density at radius 1 is 1.39 bits per heavy atom. The molecule has 1 rings (SSSR count). The summed E-state index contributed by atoms with van der Waals surface area (Å²) in [5, 5.41) is 6.24. The van der Waals surface area contributed by atoms with E-state index in [1.54, 1.807) is 6.07 Å². The maximum absolute atomic E-state index is 12.1. The number of pyridine rings is 1. The van der Waals surface area contributed by atoms with Crippen LogP contribution >= 0.6 is 24.0 Å². The van der Waals surface area contributed by atoms with E-state index in [9.17, 15) is 13.2 Å². The highest BCUT2D eigenvalue weighted by Crippen LogP contribution is 2.17. The third kappa shape index (κ3) is 10.2. The second-order valence-corrected chi connectivity index (χ2v) is 4.90. The lowest BCUT2D eigenvalue weighted by Gasteiger charge is -2.14. The van der Waals surface area contributed by atoms with E-state index in [0.29, 0.717) is 18.1 Å². The zero-order chi connectivity index (χ0) is 16.6. The molecular formula is C14H22F3IN4O. The molecule has 9 heteroatoms. The topological polar surface area (TPSA) is 58.5 Å². The highest BCUT2D eigenvalue weighted by Gasteiger charge is 2.28. The largest absolute Gasteiger partial charge is 0.468 e. The van der Waals surface area contributed by atoms with Gasteiger partial charge in [0.15, 0.2) is 12.6 Å². The molecule has 1 aromatic rings. The molecule has 0 unspecified atom stereocenters. The van der Waals surface area contributed by atoms with Crippen molar-refractivity contribution >= 4 is 29.9 Å². The lowest BCUT2D eigenvalue weighted by Crippen LogP contribution is -2.40. The van der Waals surface area contributed by atoms with Crippen molar-refractivity contribution in [2.75, 3.05) is 13.2 Å². The van der Waals surface area contributed by atoms with E-state index in [-0.39, 0.29) is 35.9 Å². The molecule has 0 bridgehead atoms. The second kappa shape index (κ2) is 10.5. The molecule has 0 aliphatic carbocycles. The van der Waals surface area contributed by atoms with Gasteiger partial charge in [0.05, 0.1) is 6.54 Å². The Morgan fingerprint density at radius 3 is 2.65 bits per heavy atom. The predicted molar refractivity (Wildman–Crippen MR) is 94.3 cm³/mol. The zero-order valence-corrected chi connectivity index (χ0v) is 15.6. The van der Waals surface area contributed by atoms with Gasteiger partial charge in [-0.1, -0.05) is 0 Å². The van der Waals surface area contributed by atoms with E-state index >= 15 is 0 Å². The van der Waals surface area contributed by atoms with Gasteiger partial charge >= 0.3 is 6.18 Å². The molecule has 0 spiro atoms. The van der Waals surface area contributed by atoms with E-state index in [0.717, 1.165) is 6.54 Å². The number of rotatable bonds is 6. The summed E-state index contributed by atoms with van der Waals surface area (Å²) in [6.45, 7) is 5.60. The summed E-state index contributed by atoms with van der Waals surface area (Å²) in [6, 6.07) is 3.36. The van der Waals surface area contributed by atoms with Gasteiger partial charge in [-0.3, -0.25) is 0 Å². The van der Waals surface area contributed by atoms with Gasteiger partial charge < -0.3 is 15.4 Å². The van der Waals surface area contributed by atoms with Gasteiger partial charge in [-0.25, -0.2) is 9.98 Å². The summed E-state index contributed by atoms with van der Waals surface area (Å²) in [4.78, 5) is 8.12. The van der Waals surface area contributed by atoms with Crippen molar-refractivity contribution < 1.29 is 17.9 Å². The van der Waals surface area contributed by atoms with Crippen LogP contribution in [0.5, 0.6) is 5.88 Å². The van der Waals surface area contributed by atoms with Crippen molar-refractivity contribution in [1.82, 2.24) is 15.6 Å². The molecule has 0 amide bonds. The van der Waals surface area contributed by atoms with Crippen LogP contribution in [-0.4, -0.2) is 36.3 Å². The normalized spacial score (nSPS) is 11.9. The van der Waals surface area contributed by atoms with E-state index in [4.69, 9.17) is 0 Å². The predicted octanol–water partition coefficient (Wildman–Crippen LogP) is 3.10.